The summed E-state index contributed by atoms with van der Waals surface area (Å²) in [4.78, 5) is 0. The molecule has 0 unspecified atom stereocenters. The van der Waals surface area contributed by atoms with Crippen LogP contribution in [0.25, 0.3) is 0 Å². The predicted molar refractivity (Wildman–Crippen MR) is 78.3 cm³/mol. The molecule has 0 saturated carbocycles. The van der Waals surface area contributed by atoms with Crippen molar-refractivity contribution in [1.29, 1.82) is 0 Å². The maximum absolute atomic E-state index is 12.9. The molecule has 0 aromatic heterocycles. The highest BCUT2D eigenvalue weighted by molar-refractivity contribution is 7.92. The second-order valence-corrected chi connectivity index (χ2v) is 6.39. The van der Waals surface area contributed by atoms with Crippen molar-refractivity contribution < 1.29 is 12.8 Å². The van der Waals surface area contributed by atoms with E-state index in [1.807, 2.05) is 0 Å². The van der Waals surface area contributed by atoms with E-state index in [4.69, 9.17) is 5.73 Å². The largest absolute Gasteiger partial charge is 0.399 e. The van der Waals surface area contributed by atoms with Gasteiger partial charge in [-0.25, -0.2) is 12.8 Å². The van der Waals surface area contributed by atoms with Crippen LogP contribution >= 0.6 is 0 Å². The van der Waals surface area contributed by atoms with Crippen LogP contribution in [0.3, 0.4) is 0 Å². The summed E-state index contributed by atoms with van der Waals surface area (Å²) >= 11 is 0. The number of nitrogens with two attached hydrogens (primary N) is 1. The lowest BCUT2D eigenvalue weighted by Crippen LogP contribution is -2.29. The molecule has 0 fully saturated rings. The van der Waals surface area contributed by atoms with Gasteiger partial charge in [-0.1, -0.05) is 12.1 Å². The number of sulfonamides is 1. The minimum atomic E-state index is -3.46. The summed E-state index contributed by atoms with van der Waals surface area (Å²) in [5, 5.41) is 0. The van der Waals surface area contributed by atoms with Gasteiger partial charge in [-0.2, -0.15) is 0 Å². The van der Waals surface area contributed by atoms with Crippen LogP contribution in [-0.4, -0.2) is 14.7 Å². The highest BCUT2D eigenvalue weighted by Crippen LogP contribution is 2.21. The second kappa shape index (κ2) is 5.50. The van der Waals surface area contributed by atoms with E-state index in [9.17, 15) is 12.8 Å². The first-order chi connectivity index (χ1) is 9.36. The molecule has 0 amide bonds. The Kier molecular flexibility index (Phi) is 3.94. The number of nitrogen functional groups attached to an aromatic ring is 1. The van der Waals surface area contributed by atoms with Crippen molar-refractivity contribution in [1.82, 2.24) is 0 Å². The molecular formula is C14H15FN2O2S. The number of anilines is 2. The molecular weight excluding hydrogens is 279 g/mol. The van der Waals surface area contributed by atoms with Gasteiger partial charge in [0, 0.05) is 5.69 Å². The van der Waals surface area contributed by atoms with Crippen LogP contribution in [0.5, 0.6) is 0 Å². The smallest absolute Gasteiger partial charge is 0.232 e. The van der Waals surface area contributed by atoms with E-state index in [-0.39, 0.29) is 6.54 Å². The molecule has 0 aliphatic heterocycles. The normalized spacial score (nSPS) is 11.3. The molecule has 2 N–H and O–H groups in total. The first-order valence-electron chi connectivity index (χ1n) is 5.94. The highest BCUT2D eigenvalue weighted by atomic mass is 32.2. The summed E-state index contributed by atoms with van der Waals surface area (Å²) in [5.41, 5.74) is 7.43. The summed E-state index contributed by atoms with van der Waals surface area (Å²) < 4.78 is 37.9. The van der Waals surface area contributed by atoms with Gasteiger partial charge in [0.15, 0.2) is 0 Å². The van der Waals surface area contributed by atoms with E-state index in [0.717, 1.165) is 11.8 Å². The molecule has 106 valence electrons. The van der Waals surface area contributed by atoms with E-state index >= 15 is 0 Å². The van der Waals surface area contributed by atoms with Gasteiger partial charge in [0.2, 0.25) is 10.0 Å². The third-order valence-electron chi connectivity index (χ3n) is 2.82. The van der Waals surface area contributed by atoms with E-state index in [1.165, 1.54) is 28.6 Å². The average molecular weight is 294 g/mol. The molecule has 2 aromatic rings. The maximum atomic E-state index is 12.9. The monoisotopic (exact) mass is 294 g/mol. The Morgan fingerprint density at radius 2 is 1.60 bits per heavy atom. The molecule has 6 heteroatoms. The molecule has 4 nitrogen and oxygen atoms in total. The Morgan fingerprint density at radius 3 is 2.10 bits per heavy atom. The van der Waals surface area contributed by atoms with Crippen molar-refractivity contribution in [2.75, 3.05) is 16.3 Å². The Bertz CT molecular complexity index is 682. The van der Waals surface area contributed by atoms with Crippen LogP contribution in [0.1, 0.15) is 5.56 Å². The molecule has 2 rings (SSSR count). The number of rotatable bonds is 4. The molecule has 0 spiro atoms. The second-order valence-electron chi connectivity index (χ2n) is 4.49. The van der Waals surface area contributed by atoms with Gasteiger partial charge in [-0.05, 0) is 42.0 Å². The number of nitrogens with zero attached hydrogens (tertiary/aromatic N) is 1. The molecule has 0 radical (unpaired) electrons. The van der Waals surface area contributed by atoms with Gasteiger partial charge in [-0.15, -0.1) is 0 Å². The molecule has 0 aliphatic rings. The van der Waals surface area contributed by atoms with Gasteiger partial charge >= 0.3 is 0 Å². The van der Waals surface area contributed by atoms with Gasteiger partial charge in [0.25, 0.3) is 0 Å². The number of hydrogen-bond acceptors (Lipinski definition) is 3. The van der Waals surface area contributed by atoms with Crippen molar-refractivity contribution in [2.45, 2.75) is 6.54 Å². The molecule has 0 aliphatic carbocycles. The van der Waals surface area contributed by atoms with E-state index < -0.39 is 15.8 Å². The lowest BCUT2D eigenvalue weighted by molar-refractivity contribution is 0.596. The fraction of sp³-hybridized carbons (Fsp3) is 0.143. The summed E-state index contributed by atoms with van der Waals surface area (Å²) in [5.74, 6) is -0.408. The quantitative estimate of drug-likeness (QED) is 0.881. The van der Waals surface area contributed by atoms with Crippen LogP contribution in [-0.2, 0) is 16.6 Å². The number of halogens is 1. The minimum absolute atomic E-state index is 0.171. The predicted octanol–water partition coefficient (Wildman–Crippen LogP) is 2.37. The molecule has 0 bridgehead atoms. The molecule has 20 heavy (non-hydrogen) atoms. The van der Waals surface area contributed by atoms with Crippen LogP contribution in [0.4, 0.5) is 15.8 Å². The molecule has 0 heterocycles. The summed E-state index contributed by atoms with van der Waals surface area (Å²) in [7, 11) is -3.46. The molecule has 2 aromatic carbocycles. The highest BCUT2D eigenvalue weighted by Gasteiger charge is 2.17. The summed E-state index contributed by atoms with van der Waals surface area (Å²) in [6.07, 6.45) is 1.12. The minimum Gasteiger partial charge on any atom is -0.399 e. The fourth-order valence-electron chi connectivity index (χ4n) is 1.80. The Morgan fingerprint density at radius 1 is 1.05 bits per heavy atom. The van der Waals surface area contributed by atoms with Crippen molar-refractivity contribution in [3.05, 3.63) is 59.9 Å². The number of hydrogen-bond donors (Lipinski definition) is 1. The maximum Gasteiger partial charge on any atom is 0.232 e. The van der Waals surface area contributed by atoms with Gasteiger partial charge in [0.05, 0.1) is 18.5 Å². The Hall–Kier alpha value is -2.08. The van der Waals surface area contributed by atoms with Crippen molar-refractivity contribution in [2.24, 2.45) is 0 Å². The van der Waals surface area contributed by atoms with Crippen molar-refractivity contribution in [3.63, 3.8) is 0 Å². The zero-order valence-electron chi connectivity index (χ0n) is 11.0. The number of benzene rings is 2. The fourth-order valence-corrected chi connectivity index (χ4v) is 2.68. The van der Waals surface area contributed by atoms with Gasteiger partial charge < -0.3 is 5.73 Å². The third-order valence-corrected chi connectivity index (χ3v) is 3.96. The Labute approximate surface area is 117 Å². The lowest BCUT2D eigenvalue weighted by Gasteiger charge is -2.22. The first kappa shape index (κ1) is 14.3. The standard InChI is InChI=1S/C14H15FN2O2S/c1-20(18,19)17(14-8-4-12(15)5-9-14)10-11-2-6-13(16)7-3-11/h2-9H,10,16H2,1H3. The van der Waals surface area contributed by atoms with Crippen LogP contribution in [0, 0.1) is 5.82 Å². The van der Waals surface area contributed by atoms with Gasteiger partial charge in [-0.3, -0.25) is 4.31 Å². The van der Waals surface area contributed by atoms with E-state index in [0.29, 0.717) is 11.4 Å². The summed E-state index contributed by atoms with van der Waals surface area (Å²) in [6.45, 7) is 0.171. The van der Waals surface area contributed by atoms with E-state index in [2.05, 4.69) is 0 Å². The first-order valence-corrected chi connectivity index (χ1v) is 7.79. The van der Waals surface area contributed by atoms with Crippen molar-refractivity contribution >= 4 is 21.4 Å². The molecule has 0 atom stereocenters. The van der Waals surface area contributed by atoms with E-state index in [1.54, 1.807) is 24.3 Å². The zero-order chi connectivity index (χ0) is 14.8. The Balaban J connectivity index is 2.34. The van der Waals surface area contributed by atoms with Crippen LogP contribution < -0.4 is 10.0 Å². The van der Waals surface area contributed by atoms with Crippen LogP contribution in [0.15, 0.2) is 48.5 Å². The zero-order valence-corrected chi connectivity index (χ0v) is 11.8. The van der Waals surface area contributed by atoms with Gasteiger partial charge in [0.1, 0.15) is 5.82 Å². The summed E-state index contributed by atoms with van der Waals surface area (Å²) in [6, 6.07) is 12.3. The topological polar surface area (TPSA) is 63.4 Å². The average Bonchev–Trinajstić information content (AvgIpc) is 2.38. The third kappa shape index (κ3) is 3.48. The van der Waals surface area contributed by atoms with Crippen molar-refractivity contribution in [3.8, 4) is 0 Å². The molecule has 0 saturated heterocycles. The SMILES string of the molecule is CS(=O)(=O)N(Cc1ccc(N)cc1)c1ccc(F)cc1. The van der Waals surface area contributed by atoms with Crippen LogP contribution in [0.2, 0.25) is 0 Å². The lowest BCUT2D eigenvalue weighted by atomic mass is 10.2.